The number of nitrogens with zero attached hydrogens (tertiary/aromatic N) is 2. The highest BCUT2D eigenvalue weighted by Crippen LogP contribution is 2.26. The van der Waals surface area contributed by atoms with Crippen LogP contribution in [0.3, 0.4) is 0 Å². The Morgan fingerprint density at radius 2 is 2.00 bits per heavy atom. The predicted molar refractivity (Wildman–Crippen MR) is 75.5 cm³/mol. The number of carboxylic acids is 1. The molecular formula is C14H25N3O3. The number of carbonyl (C=O) groups is 2. The Kier molecular flexibility index (Phi) is 4.99. The summed E-state index contributed by atoms with van der Waals surface area (Å²) in [6.07, 6.45) is 3.64. The molecule has 0 aliphatic carbocycles. The molecule has 2 heterocycles. The van der Waals surface area contributed by atoms with Gasteiger partial charge in [0.2, 0.25) is 5.91 Å². The van der Waals surface area contributed by atoms with E-state index in [-0.39, 0.29) is 18.0 Å². The van der Waals surface area contributed by atoms with E-state index in [2.05, 4.69) is 12.2 Å². The average molecular weight is 283 g/mol. The molecule has 0 spiro atoms. The topological polar surface area (TPSA) is 72.9 Å². The summed E-state index contributed by atoms with van der Waals surface area (Å²) in [4.78, 5) is 27.4. The Balaban J connectivity index is 1.95. The molecule has 2 N–H and O–H groups in total. The van der Waals surface area contributed by atoms with Crippen LogP contribution in [0.25, 0.3) is 0 Å². The molecule has 20 heavy (non-hydrogen) atoms. The van der Waals surface area contributed by atoms with Gasteiger partial charge in [-0.25, -0.2) is 0 Å². The minimum atomic E-state index is -0.799. The van der Waals surface area contributed by atoms with Crippen molar-refractivity contribution < 1.29 is 14.7 Å². The molecule has 0 bridgehead atoms. The molecule has 2 aliphatic heterocycles. The summed E-state index contributed by atoms with van der Waals surface area (Å²) in [6.45, 7) is 5.82. The Bertz CT molecular complexity index is 367. The summed E-state index contributed by atoms with van der Waals surface area (Å²) in [5, 5.41) is 12.2. The van der Waals surface area contributed by atoms with Crippen LogP contribution in [-0.4, -0.2) is 71.6 Å². The van der Waals surface area contributed by atoms with Crippen LogP contribution in [0.15, 0.2) is 0 Å². The van der Waals surface area contributed by atoms with E-state index in [0.29, 0.717) is 13.1 Å². The lowest BCUT2D eigenvalue weighted by molar-refractivity contribution is -0.138. The molecule has 1 amide bonds. The Morgan fingerprint density at radius 3 is 2.60 bits per heavy atom. The van der Waals surface area contributed by atoms with Crippen LogP contribution in [-0.2, 0) is 9.59 Å². The van der Waals surface area contributed by atoms with Crippen molar-refractivity contribution in [3.05, 3.63) is 0 Å². The summed E-state index contributed by atoms with van der Waals surface area (Å²) in [5.74, 6) is -0.595. The molecule has 0 aromatic heterocycles. The molecule has 2 aliphatic rings. The van der Waals surface area contributed by atoms with E-state index >= 15 is 0 Å². The molecule has 6 heteroatoms. The fourth-order valence-electron chi connectivity index (χ4n) is 3.27. The molecule has 114 valence electrons. The van der Waals surface area contributed by atoms with Crippen LogP contribution >= 0.6 is 0 Å². The lowest BCUT2D eigenvalue weighted by Crippen LogP contribution is -2.55. The third kappa shape index (κ3) is 3.30. The first kappa shape index (κ1) is 15.3. The number of carboxylic acid groups (broad SMARTS) is 1. The van der Waals surface area contributed by atoms with E-state index in [0.717, 1.165) is 45.3 Å². The van der Waals surface area contributed by atoms with Crippen molar-refractivity contribution in [3.63, 3.8) is 0 Å². The standard InChI is InChI=1S/C14H25N3O3/c1-2-14(5-3-6-15-14)13(20)17-8-4-7-16(9-10-17)11-12(18)19/h15H,2-11H2,1H3,(H,18,19). The molecule has 1 atom stereocenters. The van der Waals surface area contributed by atoms with Crippen molar-refractivity contribution in [2.24, 2.45) is 0 Å². The highest BCUT2D eigenvalue weighted by Gasteiger charge is 2.41. The maximum Gasteiger partial charge on any atom is 0.317 e. The van der Waals surface area contributed by atoms with E-state index in [4.69, 9.17) is 5.11 Å². The van der Waals surface area contributed by atoms with Crippen molar-refractivity contribution in [1.82, 2.24) is 15.1 Å². The Morgan fingerprint density at radius 1 is 1.20 bits per heavy atom. The first-order valence-corrected chi connectivity index (χ1v) is 7.56. The highest BCUT2D eigenvalue weighted by atomic mass is 16.4. The molecule has 0 radical (unpaired) electrons. The SMILES string of the molecule is CCC1(C(=O)N2CCCN(CC(=O)O)CC2)CCCN1. The zero-order chi connectivity index (χ0) is 14.6. The van der Waals surface area contributed by atoms with Crippen molar-refractivity contribution in [2.75, 3.05) is 39.3 Å². The first-order valence-electron chi connectivity index (χ1n) is 7.56. The van der Waals surface area contributed by atoms with Crippen molar-refractivity contribution in [3.8, 4) is 0 Å². The maximum absolute atomic E-state index is 12.8. The number of hydrogen-bond donors (Lipinski definition) is 2. The van der Waals surface area contributed by atoms with Crippen LogP contribution in [0.5, 0.6) is 0 Å². The second-order valence-corrected chi connectivity index (χ2v) is 5.78. The van der Waals surface area contributed by atoms with Gasteiger partial charge in [0.25, 0.3) is 0 Å². The second kappa shape index (κ2) is 6.54. The number of nitrogens with one attached hydrogen (secondary N) is 1. The molecular weight excluding hydrogens is 258 g/mol. The van der Waals surface area contributed by atoms with Gasteiger partial charge in [0.1, 0.15) is 0 Å². The van der Waals surface area contributed by atoms with Gasteiger partial charge in [-0.1, -0.05) is 6.92 Å². The summed E-state index contributed by atoms with van der Waals surface area (Å²) in [7, 11) is 0. The zero-order valence-corrected chi connectivity index (χ0v) is 12.2. The molecule has 6 nitrogen and oxygen atoms in total. The molecule has 1 unspecified atom stereocenters. The van der Waals surface area contributed by atoms with E-state index in [1.807, 2.05) is 9.80 Å². The number of hydrogen-bond acceptors (Lipinski definition) is 4. The second-order valence-electron chi connectivity index (χ2n) is 5.78. The van der Waals surface area contributed by atoms with E-state index in [9.17, 15) is 9.59 Å². The molecule has 0 aromatic rings. The summed E-state index contributed by atoms with van der Waals surface area (Å²) < 4.78 is 0. The predicted octanol–water partition coefficient (Wildman–Crippen LogP) is 0.138. The molecule has 0 aromatic carbocycles. The van der Waals surface area contributed by atoms with Crippen LogP contribution < -0.4 is 5.32 Å². The minimum Gasteiger partial charge on any atom is -0.480 e. The third-order valence-corrected chi connectivity index (χ3v) is 4.49. The zero-order valence-electron chi connectivity index (χ0n) is 12.2. The van der Waals surface area contributed by atoms with Gasteiger partial charge in [0, 0.05) is 26.2 Å². The lowest BCUT2D eigenvalue weighted by atomic mass is 9.92. The number of carbonyl (C=O) groups excluding carboxylic acids is 1. The molecule has 2 fully saturated rings. The lowest BCUT2D eigenvalue weighted by Gasteiger charge is -2.33. The normalized spacial score (nSPS) is 28.4. The van der Waals surface area contributed by atoms with Crippen LogP contribution in [0.2, 0.25) is 0 Å². The number of amides is 1. The summed E-state index contributed by atoms with van der Waals surface area (Å²) in [5.41, 5.74) is -0.373. The fraction of sp³-hybridized carbons (Fsp3) is 0.857. The highest BCUT2D eigenvalue weighted by molar-refractivity contribution is 5.86. The van der Waals surface area contributed by atoms with Gasteiger partial charge >= 0.3 is 5.97 Å². The van der Waals surface area contributed by atoms with Gasteiger partial charge in [0.05, 0.1) is 12.1 Å². The van der Waals surface area contributed by atoms with Gasteiger partial charge in [-0.2, -0.15) is 0 Å². The van der Waals surface area contributed by atoms with Crippen LogP contribution in [0.4, 0.5) is 0 Å². The molecule has 0 saturated carbocycles. The van der Waals surface area contributed by atoms with Gasteiger partial charge in [-0.15, -0.1) is 0 Å². The van der Waals surface area contributed by atoms with Gasteiger partial charge in [-0.05, 0) is 32.2 Å². The van der Waals surface area contributed by atoms with Crippen LogP contribution in [0.1, 0.15) is 32.6 Å². The summed E-state index contributed by atoms with van der Waals surface area (Å²) in [6, 6.07) is 0. The minimum absolute atomic E-state index is 0.0687. The molecule has 2 rings (SSSR count). The molecule has 2 saturated heterocycles. The number of aliphatic carboxylic acids is 1. The monoisotopic (exact) mass is 283 g/mol. The van der Waals surface area contributed by atoms with Crippen molar-refractivity contribution in [1.29, 1.82) is 0 Å². The Labute approximate surface area is 120 Å². The third-order valence-electron chi connectivity index (χ3n) is 4.49. The van der Waals surface area contributed by atoms with Gasteiger partial charge < -0.3 is 15.3 Å². The van der Waals surface area contributed by atoms with E-state index in [1.54, 1.807) is 0 Å². The van der Waals surface area contributed by atoms with E-state index < -0.39 is 5.97 Å². The van der Waals surface area contributed by atoms with Crippen LogP contribution in [0, 0.1) is 0 Å². The van der Waals surface area contributed by atoms with Gasteiger partial charge in [0.15, 0.2) is 0 Å². The first-order chi connectivity index (χ1) is 9.57. The summed E-state index contributed by atoms with van der Waals surface area (Å²) >= 11 is 0. The van der Waals surface area contributed by atoms with Crippen molar-refractivity contribution >= 4 is 11.9 Å². The Hall–Kier alpha value is -1.14. The number of rotatable bonds is 4. The van der Waals surface area contributed by atoms with Gasteiger partial charge in [-0.3, -0.25) is 14.5 Å². The average Bonchev–Trinajstić information content (AvgIpc) is 2.80. The smallest absolute Gasteiger partial charge is 0.317 e. The maximum atomic E-state index is 12.8. The fourth-order valence-corrected chi connectivity index (χ4v) is 3.27. The van der Waals surface area contributed by atoms with E-state index in [1.165, 1.54) is 0 Å². The quantitative estimate of drug-likeness (QED) is 0.768. The van der Waals surface area contributed by atoms with Crippen molar-refractivity contribution in [2.45, 2.75) is 38.1 Å². The largest absolute Gasteiger partial charge is 0.480 e.